The second-order valence-corrected chi connectivity index (χ2v) is 4.53. The van der Waals surface area contributed by atoms with Crippen LogP contribution in [-0.4, -0.2) is 19.6 Å². The van der Waals surface area contributed by atoms with Gasteiger partial charge < -0.3 is 0 Å². The molecule has 0 amide bonds. The Morgan fingerprint density at radius 2 is 1.81 bits per heavy atom. The fourth-order valence-corrected chi connectivity index (χ4v) is 2.12. The first kappa shape index (κ1) is 15.2. The molecular weight excluding hydrogens is 323 g/mol. The minimum atomic E-state index is -0.706. The lowest BCUT2D eigenvalue weighted by Crippen LogP contribution is -2.05. The van der Waals surface area contributed by atoms with Gasteiger partial charge in [-0.15, -0.1) is 23.2 Å². The highest BCUT2D eigenvalue weighted by molar-refractivity contribution is 6.17. The number of nitro benzene ring substituents is 2. The predicted molar refractivity (Wildman–Crippen MR) is 76.0 cm³/mol. The van der Waals surface area contributed by atoms with Gasteiger partial charge in [-0.1, -0.05) is 0 Å². The molecule has 2 rings (SSSR count). The van der Waals surface area contributed by atoms with Gasteiger partial charge in [0.1, 0.15) is 5.69 Å². The van der Waals surface area contributed by atoms with Gasteiger partial charge in [0.15, 0.2) is 0 Å². The molecule has 10 heteroatoms. The van der Waals surface area contributed by atoms with E-state index in [2.05, 4.69) is 5.10 Å². The molecule has 0 N–H and O–H groups in total. The van der Waals surface area contributed by atoms with Crippen LogP contribution in [0.25, 0.3) is 5.69 Å². The van der Waals surface area contributed by atoms with E-state index in [1.807, 2.05) is 0 Å². The maximum atomic E-state index is 11.1. The Labute approximate surface area is 128 Å². The molecule has 110 valence electrons. The van der Waals surface area contributed by atoms with Gasteiger partial charge in [0.25, 0.3) is 5.69 Å². The second kappa shape index (κ2) is 6.06. The normalized spacial score (nSPS) is 10.6. The number of alkyl halides is 2. The Morgan fingerprint density at radius 1 is 1.10 bits per heavy atom. The summed E-state index contributed by atoms with van der Waals surface area (Å²) in [5, 5.41) is 26.0. The van der Waals surface area contributed by atoms with Crippen LogP contribution in [0.4, 0.5) is 11.4 Å². The summed E-state index contributed by atoms with van der Waals surface area (Å²) < 4.78 is 1.27. The maximum absolute atomic E-state index is 11.1. The molecule has 8 nitrogen and oxygen atoms in total. The van der Waals surface area contributed by atoms with Gasteiger partial charge in [0, 0.05) is 6.07 Å². The van der Waals surface area contributed by atoms with Crippen LogP contribution in [-0.2, 0) is 11.8 Å². The van der Waals surface area contributed by atoms with E-state index in [1.54, 1.807) is 6.07 Å². The van der Waals surface area contributed by atoms with Crippen LogP contribution in [0.3, 0.4) is 0 Å². The van der Waals surface area contributed by atoms with E-state index in [0.717, 1.165) is 6.07 Å². The van der Waals surface area contributed by atoms with Crippen molar-refractivity contribution in [1.29, 1.82) is 0 Å². The van der Waals surface area contributed by atoms with Crippen LogP contribution in [0, 0.1) is 20.2 Å². The molecule has 1 aromatic carbocycles. The largest absolute Gasteiger partial charge is 0.301 e. The maximum Gasteiger partial charge on any atom is 0.301 e. The number of hydrogen-bond acceptors (Lipinski definition) is 5. The third-order valence-electron chi connectivity index (χ3n) is 2.70. The average molecular weight is 331 g/mol. The number of benzene rings is 1. The van der Waals surface area contributed by atoms with Crippen molar-refractivity contribution in [3.63, 3.8) is 0 Å². The van der Waals surface area contributed by atoms with E-state index in [1.165, 1.54) is 16.8 Å². The lowest BCUT2D eigenvalue weighted by atomic mass is 10.2. The molecule has 0 fully saturated rings. The summed E-state index contributed by atoms with van der Waals surface area (Å²) in [6, 6.07) is 4.93. The Hall–Kier alpha value is -2.19. The van der Waals surface area contributed by atoms with Crippen molar-refractivity contribution < 1.29 is 9.85 Å². The Kier molecular flexibility index (Phi) is 4.39. The van der Waals surface area contributed by atoms with Crippen molar-refractivity contribution in [2.45, 2.75) is 11.8 Å². The molecule has 0 aliphatic rings. The summed E-state index contributed by atoms with van der Waals surface area (Å²) in [5.41, 5.74) is 0.296. The van der Waals surface area contributed by atoms with Gasteiger partial charge in [-0.2, -0.15) is 5.10 Å². The predicted octanol–water partition coefficient (Wildman–Crippen LogP) is 3.17. The van der Waals surface area contributed by atoms with E-state index in [-0.39, 0.29) is 23.1 Å². The Balaban J connectivity index is 2.65. The zero-order chi connectivity index (χ0) is 15.6. The summed E-state index contributed by atoms with van der Waals surface area (Å²) in [6.07, 6.45) is 0. The first-order valence-electron chi connectivity index (χ1n) is 5.61. The second-order valence-electron chi connectivity index (χ2n) is 3.99. The van der Waals surface area contributed by atoms with E-state index >= 15 is 0 Å². The Bertz CT molecular complexity index is 716. The first-order chi connectivity index (χ1) is 9.97. The number of nitro groups is 2. The lowest BCUT2D eigenvalue weighted by Gasteiger charge is -2.06. The van der Waals surface area contributed by atoms with Crippen molar-refractivity contribution in [1.82, 2.24) is 9.78 Å². The number of nitrogens with zero attached hydrogens (tertiary/aromatic N) is 4. The van der Waals surface area contributed by atoms with Crippen LogP contribution in [0.5, 0.6) is 0 Å². The van der Waals surface area contributed by atoms with Crippen LogP contribution < -0.4 is 0 Å². The smallest absolute Gasteiger partial charge is 0.258 e. The molecule has 0 saturated carbocycles. The Morgan fingerprint density at radius 3 is 2.33 bits per heavy atom. The van der Waals surface area contributed by atoms with Crippen molar-refractivity contribution in [3.8, 4) is 5.69 Å². The number of hydrogen-bond donors (Lipinski definition) is 0. The lowest BCUT2D eigenvalue weighted by molar-refractivity contribution is -0.394. The molecular formula is C11H8Cl2N4O4. The van der Waals surface area contributed by atoms with Crippen molar-refractivity contribution in [2.75, 3.05) is 0 Å². The molecule has 0 spiro atoms. The molecule has 0 aliphatic carbocycles. The molecule has 0 aliphatic heterocycles. The van der Waals surface area contributed by atoms with Gasteiger partial charge in [0.2, 0.25) is 0 Å². The quantitative estimate of drug-likeness (QED) is 0.475. The van der Waals surface area contributed by atoms with E-state index < -0.39 is 15.5 Å². The molecule has 0 bridgehead atoms. The van der Waals surface area contributed by atoms with Crippen LogP contribution in [0.1, 0.15) is 11.4 Å². The number of aromatic nitrogens is 2. The zero-order valence-corrected chi connectivity index (χ0v) is 11.9. The van der Waals surface area contributed by atoms with Crippen molar-refractivity contribution >= 4 is 34.6 Å². The van der Waals surface area contributed by atoms with Gasteiger partial charge in [-0.25, -0.2) is 4.68 Å². The van der Waals surface area contributed by atoms with Crippen LogP contribution in [0.2, 0.25) is 0 Å². The SMILES string of the molecule is O=[N+]([O-])c1ccc(-n2nc(CCl)cc2CCl)c([N+](=O)[O-])c1. The monoisotopic (exact) mass is 330 g/mol. The van der Waals surface area contributed by atoms with Gasteiger partial charge in [-0.05, 0) is 12.1 Å². The van der Waals surface area contributed by atoms with Crippen molar-refractivity contribution in [2.24, 2.45) is 0 Å². The van der Waals surface area contributed by atoms with Gasteiger partial charge in [-0.3, -0.25) is 20.2 Å². The molecule has 1 aromatic heterocycles. The highest BCUT2D eigenvalue weighted by Crippen LogP contribution is 2.29. The summed E-state index contributed by atoms with van der Waals surface area (Å²) in [6.45, 7) is 0. The minimum Gasteiger partial charge on any atom is -0.258 e. The molecule has 21 heavy (non-hydrogen) atoms. The van der Waals surface area contributed by atoms with Crippen molar-refractivity contribution in [3.05, 3.63) is 55.9 Å². The highest BCUT2D eigenvalue weighted by Gasteiger charge is 2.23. The third kappa shape index (κ3) is 2.96. The van der Waals surface area contributed by atoms with E-state index in [9.17, 15) is 20.2 Å². The van der Waals surface area contributed by atoms with Gasteiger partial charge in [0.05, 0.1) is 39.1 Å². The zero-order valence-electron chi connectivity index (χ0n) is 10.4. The van der Waals surface area contributed by atoms with E-state index in [0.29, 0.717) is 11.4 Å². The van der Waals surface area contributed by atoms with Crippen LogP contribution >= 0.6 is 23.2 Å². The molecule has 0 saturated heterocycles. The number of non-ortho nitro benzene ring substituents is 1. The molecule has 0 atom stereocenters. The number of halogens is 2. The minimum absolute atomic E-state index is 0.0675. The highest BCUT2D eigenvalue weighted by atomic mass is 35.5. The summed E-state index contributed by atoms with van der Waals surface area (Å²) in [7, 11) is 0. The van der Waals surface area contributed by atoms with Crippen LogP contribution in [0.15, 0.2) is 24.3 Å². The molecule has 2 aromatic rings. The average Bonchev–Trinajstić information content (AvgIpc) is 2.89. The summed E-state index contributed by atoms with van der Waals surface area (Å²) in [5.74, 6) is 0.190. The van der Waals surface area contributed by atoms with E-state index in [4.69, 9.17) is 23.2 Å². The first-order valence-corrected chi connectivity index (χ1v) is 6.67. The standard InChI is InChI=1S/C11H8Cl2N4O4/c12-5-7-3-9(6-13)15(14-7)10-2-1-8(16(18)19)4-11(10)17(20)21/h1-4H,5-6H2. The molecule has 1 heterocycles. The molecule has 0 radical (unpaired) electrons. The summed E-state index contributed by atoms with van der Waals surface area (Å²) >= 11 is 11.5. The molecule has 0 unspecified atom stereocenters. The topological polar surface area (TPSA) is 104 Å². The fraction of sp³-hybridized carbons (Fsp3) is 0.182. The summed E-state index contributed by atoms with van der Waals surface area (Å²) in [4.78, 5) is 20.4. The fourth-order valence-electron chi connectivity index (χ4n) is 1.79. The number of rotatable bonds is 5. The van der Waals surface area contributed by atoms with Gasteiger partial charge >= 0.3 is 5.69 Å². The third-order valence-corrected chi connectivity index (χ3v) is 3.25.